The zero-order valence-corrected chi connectivity index (χ0v) is 12.4. The molecule has 0 saturated carbocycles. The monoisotopic (exact) mass is 296 g/mol. The highest BCUT2D eigenvalue weighted by Gasteiger charge is 2.16. The first-order valence-electron chi connectivity index (χ1n) is 5.60. The van der Waals surface area contributed by atoms with Gasteiger partial charge in [0.1, 0.15) is 4.88 Å². The fourth-order valence-corrected chi connectivity index (χ4v) is 2.66. The van der Waals surface area contributed by atoms with Crippen molar-refractivity contribution in [2.24, 2.45) is 0 Å². The van der Waals surface area contributed by atoms with Crippen LogP contribution in [0.25, 0.3) is 0 Å². The summed E-state index contributed by atoms with van der Waals surface area (Å²) in [6.07, 6.45) is 0. The van der Waals surface area contributed by atoms with Crippen molar-refractivity contribution in [2.75, 3.05) is 12.4 Å². The van der Waals surface area contributed by atoms with E-state index in [4.69, 9.17) is 16.3 Å². The van der Waals surface area contributed by atoms with Crippen LogP contribution in [0.2, 0.25) is 5.02 Å². The first kappa shape index (κ1) is 13.8. The molecule has 4 nitrogen and oxygen atoms in total. The maximum atomic E-state index is 11.5. The number of methoxy groups -OCH3 is 1. The lowest BCUT2D eigenvalue weighted by molar-refractivity contribution is 0.0605. The molecule has 0 aliphatic carbocycles. The van der Waals surface area contributed by atoms with Crippen LogP contribution in [0.3, 0.4) is 0 Å². The highest BCUT2D eigenvalue weighted by molar-refractivity contribution is 7.17. The van der Waals surface area contributed by atoms with Gasteiger partial charge in [-0.25, -0.2) is 9.78 Å². The summed E-state index contributed by atoms with van der Waals surface area (Å²) in [5.41, 5.74) is 2.47. The summed E-state index contributed by atoms with van der Waals surface area (Å²) in [5, 5.41) is 4.50. The van der Waals surface area contributed by atoms with Gasteiger partial charge >= 0.3 is 5.97 Å². The summed E-state index contributed by atoms with van der Waals surface area (Å²) in [4.78, 5) is 16.3. The van der Waals surface area contributed by atoms with E-state index in [2.05, 4.69) is 10.3 Å². The molecule has 2 rings (SSSR count). The fraction of sp³-hybridized carbons (Fsp3) is 0.231. The van der Waals surface area contributed by atoms with Gasteiger partial charge in [-0.15, -0.1) is 0 Å². The molecule has 6 heteroatoms. The molecule has 1 N–H and O–H groups in total. The molecule has 0 aliphatic rings. The molecule has 0 fully saturated rings. The van der Waals surface area contributed by atoms with E-state index in [1.165, 1.54) is 18.4 Å². The Bertz CT molecular complexity index is 625. The molecule has 2 aromatic rings. The second kappa shape index (κ2) is 5.59. The number of thiazole rings is 1. The lowest BCUT2D eigenvalue weighted by Crippen LogP contribution is -1.99. The Labute approximate surface area is 120 Å². The van der Waals surface area contributed by atoms with Crippen molar-refractivity contribution in [3.8, 4) is 0 Å². The zero-order valence-electron chi connectivity index (χ0n) is 10.8. The minimum absolute atomic E-state index is 0.370. The van der Waals surface area contributed by atoms with E-state index in [1.807, 2.05) is 25.1 Å². The molecular weight excluding hydrogens is 284 g/mol. The maximum Gasteiger partial charge on any atom is 0.350 e. The van der Waals surface area contributed by atoms with Gasteiger partial charge in [0.15, 0.2) is 5.13 Å². The second-order valence-electron chi connectivity index (χ2n) is 3.96. The summed E-state index contributed by atoms with van der Waals surface area (Å²) < 4.78 is 4.71. The topological polar surface area (TPSA) is 51.2 Å². The van der Waals surface area contributed by atoms with Gasteiger partial charge in [-0.3, -0.25) is 0 Å². The molecule has 0 unspecified atom stereocenters. The van der Waals surface area contributed by atoms with Gasteiger partial charge in [0, 0.05) is 10.7 Å². The molecule has 0 aliphatic heterocycles. The van der Waals surface area contributed by atoms with Gasteiger partial charge in [0.05, 0.1) is 12.8 Å². The number of anilines is 2. The number of esters is 1. The van der Waals surface area contributed by atoms with Gasteiger partial charge in [-0.05, 0) is 31.5 Å². The third-order valence-electron chi connectivity index (χ3n) is 2.68. The Morgan fingerprint density at radius 1 is 1.42 bits per heavy atom. The minimum Gasteiger partial charge on any atom is -0.465 e. The van der Waals surface area contributed by atoms with Crippen LogP contribution in [0, 0.1) is 13.8 Å². The molecule has 0 radical (unpaired) electrons. The van der Waals surface area contributed by atoms with E-state index in [0.29, 0.717) is 20.7 Å². The first-order valence-corrected chi connectivity index (χ1v) is 6.80. The summed E-state index contributed by atoms with van der Waals surface area (Å²) >= 11 is 7.32. The summed E-state index contributed by atoms with van der Waals surface area (Å²) in [5.74, 6) is -0.370. The van der Waals surface area contributed by atoms with Gasteiger partial charge < -0.3 is 10.1 Å². The number of hydrogen-bond donors (Lipinski definition) is 1. The van der Waals surface area contributed by atoms with Crippen LogP contribution in [0.1, 0.15) is 20.9 Å². The number of aromatic nitrogens is 1. The third-order valence-corrected chi connectivity index (χ3v) is 4.14. The van der Waals surface area contributed by atoms with Crippen molar-refractivity contribution in [3.63, 3.8) is 0 Å². The molecule has 0 bridgehead atoms. The van der Waals surface area contributed by atoms with E-state index in [1.54, 1.807) is 6.92 Å². The lowest BCUT2D eigenvalue weighted by Gasteiger charge is -2.07. The Morgan fingerprint density at radius 3 is 2.84 bits per heavy atom. The fourth-order valence-electron chi connectivity index (χ4n) is 1.59. The summed E-state index contributed by atoms with van der Waals surface area (Å²) in [6.45, 7) is 3.70. The Balaban J connectivity index is 2.29. The molecule has 1 aromatic carbocycles. The van der Waals surface area contributed by atoms with Crippen molar-refractivity contribution >= 4 is 39.7 Å². The number of benzene rings is 1. The number of nitrogens with zero attached hydrogens (tertiary/aromatic N) is 1. The molecule has 0 atom stereocenters. The van der Waals surface area contributed by atoms with Crippen LogP contribution >= 0.6 is 22.9 Å². The van der Waals surface area contributed by atoms with Crippen LogP contribution in [0.5, 0.6) is 0 Å². The predicted molar refractivity (Wildman–Crippen MR) is 77.7 cm³/mol. The van der Waals surface area contributed by atoms with Gasteiger partial charge in [0.25, 0.3) is 0 Å². The quantitative estimate of drug-likeness (QED) is 0.872. The van der Waals surface area contributed by atoms with Crippen molar-refractivity contribution < 1.29 is 9.53 Å². The molecule has 1 heterocycles. The molecule has 0 spiro atoms. The van der Waals surface area contributed by atoms with E-state index >= 15 is 0 Å². The number of rotatable bonds is 3. The van der Waals surface area contributed by atoms with Gasteiger partial charge in [-0.1, -0.05) is 29.0 Å². The highest BCUT2D eigenvalue weighted by Crippen LogP contribution is 2.30. The molecular formula is C13H13ClN2O2S. The minimum atomic E-state index is -0.370. The molecule has 1 aromatic heterocycles. The Kier molecular flexibility index (Phi) is 4.07. The number of nitrogens with one attached hydrogen (secondary N) is 1. The smallest absolute Gasteiger partial charge is 0.350 e. The van der Waals surface area contributed by atoms with E-state index in [9.17, 15) is 4.79 Å². The number of aryl methyl sites for hydroxylation is 1. The van der Waals surface area contributed by atoms with E-state index in [0.717, 1.165) is 11.3 Å². The summed E-state index contributed by atoms with van der Waals surface area (Å²) in [7, 11) is 1.36. The molecule has 100 valence electrons. The molecule has 0 amide bonds. The van der Waals surface area contributed by atoms with Crippen molar-refractivity contribution in [1.82, 2.24) is 4.98 Å². The van der Waals surface area contributed by atoms with Gasteiger partial charge in [0.2, 0.25) is 0 Å². The molecule has 19 heavy (non-hydrogen) atoms. The van der Waals surface area contributed by atoms with Crippen LogP contribution in [-0.4, -0.2) is 18.1 Å². The average molecular weight is 297 g/mol. The Morgan fingerprint density at radius 2 is 2.16 bits per heavy atom. The molecule has 0 saturated heterocycles. The number of carbonyl (C=O) groups is 1. The normalized spacial score (nSPS) is 10.3. The number of carbonyl (C=O) groups excluding carboxylic acids is 1. The number of hydrogen-bond acceptors (Lipinski definition) is 5. The zero-order chi connectivity index (χ0) is 14.0. The highest BCUT2D eigenvalue weighted by atomic mass is 35.5. The largest absolute Gasteiger partial charge is 0.465 e. The maximum absolute atomic E-state index is 11.5. The van der Waals surface area contributed by atoms with Crippen LogP contribution in [-0.2, 0) is 4.74 Å². The van der Waals surface area contributed by atoms with E-state index < -0.39 is 0 Å². The van der Waals surface area contributed by atoms with Crippen LogP contribution in [0.4, 0.5) is 10.8 Å². The third kappa shape index (κ3) is 2.88. The SMILES string of the molecule is COC(=O)c1sc(Nc2cccc(Cl)c2C)nc1C. The average Bonchev–Trinajstić information content (AvgIpc) is 2.75. The van der Waals surface area contributed by atoms with Crippen LogP contribution < -0.4 is 5.32 Å². The first-order chi connectivity index (χ1) is 9.02. The second-order valence-corrected chi connectivity index (χ2v) is 5.37. The van der Waals surface area contributed by atoms with Crippen molar-refractivity contribution in [1.29, 1.82) is 0 Å². The predicted octanol–water partition coefficient (Wildman–Crippen LogP) is 3.94. The van der Waals surface area contributed by atoms with Gasteiger partial charge in [-0.2, -0.15) is 0 Å². The van der Waals surface area contributed by atoms with Crippen LogP contribution in [0.15, 0.2) is 18.2 Å². The van der Waals surface area contributed by atoms with Crippen molar-refractivity contribution in [2.45, 2.75) is 13.8 Å². The number of ether oxygens (including phenoxy) is 1. The van der Waals surface area contributed by atoms with E-state index in [-0.39, 0.29) is 5.97 Å². The standard InChI is InChI=1S/C13H13ClN2O2S/c1-7-9(14)5-4-6-10(7)16-13-15-8(2)11(19-13)12(17)18-3/h4-6H,1-3H3,(H,15,16). The van der Waals surface area contributed by atoms with Crippen molar-refractivity contribution in [3.05, 3.63) is 39.4 Å². The summed E-state index contributed by atoms with van der Waals surface area (Å²) in [6, 6.07) is 5.60. The lowest BCUT2D eigenvalue weighted by atomic mass is 10.2. The number of halogens is 1. The Hall–Kier alpha value is -1.59.